The number of piperidine rings is 1. The summed E-state index contributed by atoms with van der Waals surface area (Å²) < 4.78 is 0. The van der Waals surface area contributed by atoms with E-state index in [0.29, 0.717) is 0 Å². The molecule has 2 nitrogen and oxygen atoms in total. The van der Waals surface area contributed by atoms with Crippen LogP contribution < -0.4 is 5.32 Å². The highest BCUT2D eigenvalue weighted by atomic mass is 15.2. The van der Waals surface area contributed by atoms with Crippen molar-refractivity contribution in [3.05, 3.63) is 0 Å². The minimum Gasteiger partial charge on any atom is -0.314 e. The maximum Gasteiger partial charge on any atom is 0.0117 e. The highest BCUT2D eigenvalue weighted by Gasteiger charge is 2.30. The Bertz CT molecular complexity index is 254. The molecule has 1 aliphatic heterocycles. The largest absolute Gasteiger partial charge is 0.314 e. The lowest BCUT2D eigenvalue weighted by atomic mass is 9.91. The quantitative estimate of drug-likeness (QED) is 0.781. The molecular formula is C17H34N2. The van der Waals surface area contributed by atoms with Crippen LogP contribution in [0.2, 0.25) is 0 Å². The number of rotatable bonds is 4. The first-order chi connectivity index (χ1) is 9.20. The maximum absolute atomic E-state index is 3.74. The highest BCUT2D eigenvalue weighted by Crippen LogP contribution is 2.29. The van der Waals surface area contributed by atoms with E-state index in [4.69, 9.17) is 0 Å². The van der Waals surface area contributed by atoms with Gasteiger partial charge in [0, 0.05) is 18.6 Å². The summed E-state index contributed by atoms with van der Waals surface area (Å²) in [7, 11) is 0. The van der Waals surface area contributed by atoms with Crippen LogP contribution in [0.5, 0.6) is 0 Å². The van der Waals surface area contributed by atoms with Crippen LogP contribution in [0.25, 0.3) is 0 Å². The molecule has 0 spiro atoms. The van der Waals surface area contributed by atoms with Gasteiger partial charge in [-0.2, -0.15) is 0 Å². The Morgan fingerprint density at radius 1 is 1.05 bits per heavy atom. The number of hydrogen-bond acceptors (Lipinski definition) is 2. The second kappa shape index (κ2) is 7.64. The van der Waals surface area contributed by atoms with Gasteiger partial charge in [0.25, 0.3) is 0 Å². The lowest BCUT2D eigenvalue weighted by molar-refractivity contribution is 0.0949. The van der Waals surface area contributed by atoms with Gasteiger partial charge in [-0.05, 0) is 57.0 Å². The first-order valence-corrected chi connectivity index (χ1v) is 8.68. The standard InChI is InChI=1S/C17H34N2/c1-4-11-18-17-10-12-19(13-15(17)3)16-7-5-6-14(2)8-9-16/h14-18H,4-13H2,1-3H3. The third-order valence-electron chi connectivity index (χ3n) is 5.34. The van der Waals surface area contributed by atoms with Crippen LogP contribution in [-0.2, 0) is 0 Å². The summed E-state index contributed by atoms with van der Waals surface area (Å²) in [5.74, 6) is 1.78. The van der Waals surface area contributed by atoms with Crippen molar-refractivity contribution < 1.29 is 0 Å². The molecule has 0 bridgehead atoms. The van der Waals surface area contributed by atoms with Crippen LogP contribution in [0.4, 0.5) is 0 Å². The van der Waals surface area contributed by atoms with Gasteiger partial charge in [0.1, 0.15) is 0 Å². The van der Waals surface area contributed by atoms with Crippen LogP contribution in [-0.4, -0.2) is 36.6 Å². The third kappa shape index (κ3) is 4.46. The Morgan fingerprint density at radius 3 is 2.63 bits per heavy atom. The predicted octanol–water partition coefficient (Wildman–Crippen LogP) is 3.67. The van der Waals surface area contributed by atoms with Crippen molar-refractivity contribution in [2.45, 2.75) is 77.8 Å². The van der Waals surface area contributed by atoms with Gasteiger partial charge in [-0.3, -0.25) is 0 Å². The summed E-state index contributed by atoms with van der Waals surface area (Å²) in [6.45, 7) is 11.0. The van der Waals surface area contributed by atoms with Crippen molar-refractivity contribution in [2.24, 2.45) is 11.8 Å². The molecule has 2 rings (SSSR count). The monoisotopic (exact) mass is 266 g/mol. The molecule has 1 aliphatic carbocycles. The van der Waals surface area contributed by atoms with Crippen LogP contribution in [0.3, 0.4) is 0 Å². The summed E-state index contributed by atoms with van der Waals surface area (Å²) in [6.07, 6.45) is 9.87. The van der Waals surface area contributed by atoms with Gasteiger partial charge in [-0.1, -0.05) is 33.6 Å². The van der Waals surface area contributed by atoms with E-state index < -0.39 is 0 Å². The Kier molecular flexibility index (Phi) is 6.15. The molecule has 4 atom stereocenters. The Morgan fingerprint density at radius 2 is 1.89 bits per heavy atom. The van der Waals surface area contributed by atoms with E-state index in [0.717, 1.165) is 23.9 Å². The van der Waals surface area contributed by atoms with Crippen molar-refractivity contribution in [1.29, 1.82) is 0 Å². The van der Waals surface area contributed by atoms with Gasteiger partial charge in [0.15, 0.2) is 0 Å². The van der Waals surface area contributed by atoms with E-state index in [9.17, 15) is 0 Å². The Labute approximate surface area is 120 Å². The average Bonchev–Trinajstić information content (AvgIpc) is 2.62. The average molecular weight is 266 g/mol. The van der Waals surface area contributed by atoms with Crippen LogP contribution in [0.15, 0.2) is 0 Å². The van der Waals surface area contributed by atoms with Crippen molar-refractivity contribution in [3.63, 3.8) is 0 Å². The zero-order valence-electron chi connectivity index (χ0n) is 13.3. The van der Waals surface area contributed by atoms with Crippen LogP contribution >= 0.6 is 0 Å². The normalized spacial score (nSPS) is 38.1. The lowest BCUT2D eigenvalue weighted by Gasteiger charge is -2.41. The molecule has 2 aliphatic rings. The van der Waals surface area contributed by atoms with Gasteiger partial charge in [-0.25, -0.2) is 0 Å². The fourth-order valence-corrected chi connectivity index (χ4v) is 3.98. The minimum atomic E-state index is 0.765. The summed E-state index contributed by atoms with van der Waals surface area (Å²) >= 11 is 0. The number of nitrogens with one attached hydrogen (secondary N) is 1. The number of hydrogen-bond donors (Lipinski definition) is 1. The highest BCUT2D eigenvalue weighted by molar-refractivity contribution is 4.87. The summed E-state index contributed by atoms with van der Waals surface area (Å²) in [6, 6.07) is 1.65. The molecule has 2 heteroatoms. The van der Waals surface area contributed by atoms with Crippen molar-refractivity contribution in [2.75, 3.05) is 19.6 Å². The molecule has 2 fully saturated rings. The predicted molar refractivity (Wildman–Crippen MR) is 83.5 cm³/mol. The van der Waals surface area contributed by atoms with E-state index >= 15 is 0 Å². The van der Waals surface area contributed by atoms with Gasteiger partial charge in [-0.15, -0.1) is 0 Å². The van der Waals surface area contributed by atoms with Crippen molar-refractivity contribution in [1.82, 2.24) is 10.2 Å². The van der Waals surface area contributed by atoms with Gasteiger partial charge in [0.2, 0.25) is 0 Å². The summed E-state index contributed by atoms with van der Waals surface area (Å²) in [4.78, 5) is 2.81. The molecule has 19 heavy (non-hydrogen) atoms. The first kappa shape index (κ1) is 15.3. The van der Waals surface area contributed by atoms with Crippen LogP contribution in [0.1, 0.15) is 65.7 Å². The fraction of sp³-hybridized carbons (Fsp3) is 1.00. The lowest BCUT2D eigenvalue weighted by Crippen LogP contribution is -2.51. The zero-order chi connectivity index (χ0) is 13.7. The first-order valence-electron chi connectivity index (χ1n) is 8.68. The second-order valence-corrected chi connectivity index (χ2v) is 7.09. The number of likely N-dealkylation sites (tertiary alicyclic amines) is 1. The molecule has 0 aromatic rings. The van der Waals surface area contributed by atoms with E-state index in [1.807, 2.05) is 0 Å². The molecule has 112 valence electrons. The molecule has 0 aromatic carbocycles. The maximum atomic E-state index is 3.74. The SMILES string of the molecule is CCCNC1CCN(C2CCCC(C)CC2)CC1C. The van der Waals surface area contributed by atoms with E-state index in [1.165, 1.54) is 64.6 Å². The number of nitrogens with zero attached hydrogens (tertiary/aromatic N) is 1. The van der Waals surface area contributed by atoms with Gasteiger partial charge < -0.3 is 10.2 Å². The molecule has 1 N–H and O–H groups in total. The molecular weight excluding hydrogens is 232 g/mol. The molecule has 4 unspecified atom stereocenters. The Balaban J connectivity index is 1.80. The zero-order valence-corrected chi connectivity index (χ0v) is 13.3. The smallest absolute Gasteiger partial charge is 0.0117 e. The molecule has 0 amide bonds. The summed E-state index contributed by atoms with van der Waals surface area (Å²) in [5, 5.41) is 3.74. The molecule has 0 radical (unpaired) electrons. The van der Waals surface area contributed by atoms with E-state index in [1.54, 1.807) is 0 Å². The van der Waals surface area contributed by atoms with E-state index in [2.05, 4.69) is 31.0 Å². The Hall–Kier alpha value is -0.0800. The third-order valence-corrected chi connectivity index (χ3v) is 5.34. The topological polar surface area (TPSA) is 15.3 Å². The minimum absolute atomic E-state index is 0.765. The molecule has 1 saturated carbocycles. The van der Waals surface area contributed by atoms with Gasteiger partial charge in [0.05, 0.1) is 0 Å². The van der Waals surface area contributed by atoms with Gasteiger partial charge >= 0.3 is 0 Å². The molecule has 0 aromatic heterocycles. The second-order valence-electron chi connectivity index (χ2n) is 7.09. The van der Waals surface area contributed by atoms with Crippen molar-refractivity contribution >= 4 is 0 Å². The van der Waals surface area contributed by atoms with Crippen LogP contribution in [0, 0.1) is 11.8 Å². The fourth-order valence-electron chi connectivity index (χ4n) is 3.98. The molecule has 1 saturated heterocycles. The summed E-state index contributed by atoms with van der Waals surface area (Å²) in [5.41, 5.74) is 0. The molecule has 1 heterocycles. The van der Waals surface area contributed by atoms with E-state index in [-0.39, 0.29) is 0 Å². The van der Waals surface area contributed by atoms with Crippen molar-refractivity contribution in [3.8, 4) is 0 Å².